The molecule has 0 atom stereocenters. The van der Waals surface area contributed by atoms with Crippen LogP contribution in [0.3, 0.4) is 0 Å². The van der Waals surface area contributed by atoms with Crippen molar-refractivity contribution >= 4 is 17.3 Å². The van der Waals surface area contributed by atoms with Crippen LogP contribution in [0.1, 0.15) is 18.4 Å². The first kappa shape index (κ1) is 12.6. The number of benzene rings is 1. The monoisotopic (exact) mass is 256 g/mol. The van der Waals surface area contributed by atoms with Crippen LogP contribution in [0, 0.1) is 6.92 Å². The van der Waals surface area contributed by atoms with Crippen molar-refractivity contribution in [2.45, 2.75) is 25.9 Å². The van der Waals surface area contributed by atoms with Crippen LogP contribution in [0.4, 0.5) is 18.9 Å². The first-order valence-corrected chi connectivity index (χ1v) is 5.42. The molecule has 0 N–H and O–H groups in total. The van der Waals surface area contributed by atoms with Crippen molar-refractivity contribution in [1.29, 1.82) is 0 Å². The highest BCUT2D eigenvalue weighted by Gasteiger charge is 2.39. The van der Waals surface area contributed by atoms with Gasteiger partial charge < -0.3 is 0 Å². The Morgan fingerprint density at radius 1 is 1.17 bits per heavy atom. The Morgan fingerprint density at radius 2 is 1.78 bits per heavy atom. The van der Waals surface area contributed by atoms with Gasteiger partial charge in [0.05, 0.1) is 5.69 Å². The second-order valence-corrected chi connectivity index (χ2v) is 4.09. The summed E-state index contributed by atoms with van der Waals surface area (Å²) in [6.45, 7) is 1.85. The number of aryl methyl sites for hydroxylation is 1. The van der Waals surface area contributed by atoms with Crippen LogP contribution in [0.25, 0.3) is 0 Å². The maximum atomic E-state index is 12.6. The van der Waals surface area contributed by atoms with Gasteiger partial charge in [0.25, 0.3) is 0 Å². The predicted molar refractivity (Wildman–Crippen MR) is 61.4 cm³/mol. The molecule has 6 heteroatoms. The van der Waals surface area contributed by atoms with Gasteiger partial charge in [-0.3, -0.25) is 4.79 Å². The molecule has 0 fully saturated rings. The zero-order valence-electron chi connectivity index (χ0n) is 9.66. The molecule has 0 aliphatic carbocycles. The number of rotatable bonds is 1. The Hall–Kier alpha value is -1.85. The fourth-order valence-electron chi connectivity index (χ4n) is 1.64. The fraction of sp³-hybridized carbons (Fsp3) is 0.333. The maximum absolute atomic E-state index is 12.6. The van der Waals surface area contributed by atoms with Gasteiger partial charge in [0.1, 0.15) is 5.71 Å². The van der Waals surface area contributed by atoms with Gasteiger partial charge in [-0.05, 0) is 19.1 Å². The Labute approximate surface area is 102 Å². The third kappa shape index (κ3) is 2.52. The van der Waals surface area contributed by atoms with E-state index >= 15 is 0 Å². The summed E-state index contributed by atoms with van der Waals surface area (Å²) in [7, 11) is 0. The van der Waals surface area contributed by atoms with Crippen molar-refractivity contribution in [3.05, 3.63) is 29.8 Å². The van der Waals surface area contributed by atoms with Gasteiger partial charge in [-0.2, -0.15) is 18.3 Å². The summed E-state index contributed by atoms with van der Waals surface area (Å²) in [5.74, 6) is -0.424. The number of amides is 1. The molecule has 0 saturated carbocycles. The number of halogens is 3. The van der Waals surface area contributed by atoms with Gasteiger partial charge in [-0.1, -0.05) is 17.7 Å². The summed E-state index contributed by atoms with van der Waals surface area (Å²) >= 11 is 0. The molecule has 2 rings (SSSR count). The molecule has 0 unspecified atom stereocenters. The smallest absolute Gasteiger partial charge is 0.273 e. The average molecular weight is 256 g/mol. The fourth-order valence-corrected chi connectivity index (χ4v) is 1.64. The number of alkyl halides is 3. The van der Waals surface area contributed by atoms with Crippen LogP contribution in [-0.2, 0) is 4.79 Å². The maximum Gasteiger partial charge on any atom is 0.431 e. The highest BCUT2D eigenvalue weighted by Crippen LogP contribution is 2.27. The SMILES string of the molecule is Cc1ccc(N2N=C(C(F)(F)F)CCC2=O)cc1. The number of carbonyl (C=O) groups is 1. The van der Waals surface area contributed by atoms with Gasteiger partial charge in [0.15, 0.2) is 0 Å². The molecule has 0 radical (unpaired) electrons. The van der Waals surface area contributed by atoms with E-state index in [0.717, 1.165) is 10.6 Å². The van der Waals surface area contributed by atoms with E-state index in [1.165, 1.54) is 0 Å². The van der Waals surface area contributed by atoms with E-state index in [9.17, 15) is 18.0 Å². The van der Waals surface area contributed by atoms with Gasteiger partial charge in [0.2, 0.25) is 5.91 Å². The minimum absolute atomic E-state index is 0.174. The molecule has 0 saturated heterocycles. The lowest BCUT2D eigenvalue weighted by molar-refractivity contribution is -0.119. The van der Waals surface area contributed by atoms with Gasteiger partial charge in [-0.15, -0.1) is 0 Å². The number of hydrogen-bond acceptors (Lipinski definition) is 2. The van der Waals surface area contributed by atoms with E-state index in [2.05, 4.69) is 5.10 Å². The molecule has 1 aromatic rings. The van der Waals surface area contributed by atoms with E-state index in [4.69, 9.17) is 0 Å². The molecule has 3 nitrogen and oxygen atoms in total. The molecule has 1 aliphatic rings. The topological polar surface area (TPSA) is 32.7 Å². The zero-order chi connectivity index (χ0) is 13.3. The van der Waals surface area contributed by atoms with Crippen LogP contribution in [0.2, 0.25) is 0 Å². The highest BCUT2D eigenvalue weighted by molar-refractivity contribution is 6.03. The van der Waals surface area contributed by atoms with Crippen LogP contribution >= 0.6 is 0 Å². The summed E-state index contributed by atoms with van der Waals surface area (Å²) in [5, 5.41) is 4.23. The van der Waals surface area contributed by atoms with E-state index < -0.39 is 17.8 Å². The van der Waals surface area contributed by atoms with Crippen molar-refractivity contribution in [2.75, 3.05) is 5.01 Å². The lowest BCUT2D eigenvalue weighted by Gasteiger charge is -2.24. The third-order valence-electron chi connectivity index (χ3n) is 2.64. The highest BCUT2D eigenvalue weighted by atomic mass is 19.4. The van der Waals surface area contributed by atoms with E-state index in [1.54, 1.807) is 24.3 Å². The number of hydrazone groups is 1. The molecular formula is C12H11F3N2O. The third-order valence-corrected chi connectivity index (χ3v) is 2.64. The average Bonchev–Trinajstić information content (AvgIpc) is 2.29. The number of hydrogen-bond donors (Lipinski definition) is 0. The van der Waals surface area contributed by atoms with Crippen molar-refractivity contribution in [3.63, 3.8) is 0 Å². The Balaban J connectivity index is 2.36. The minimum Gasteiger partial charge on any atom is -0.273 e. The Kier molecular flexibility index (Phi) is 3.11. The lowest BCUT2D eigenvalue weighted by Crippen LogP contribution is -2.37. The zero-order valence-corrected chi connectivity index (χ0v) is 9.66. The molecule has 1 amide bonds. The molecule has 0 aromatic heterocycles. The first-order valence-electron chi connectivity index (χ1n) is 5.42. The van der Waals surface area contributed by atoms with E-state index in [0.29, 0.717) is 5.69 Å². The Bertz CT molecular complexity index is 491. The van der Waals surface area contributed by atoms with E-state index in [1.807, 2.05) is 6.92 Å². The number of carbonyl (C=O) groups excluding carboxylic acids is 1. The van der Waals surface area contributed by atoms with Crippen LogP contribution < -0.4 is 5.01 Å². The molecule has 1 aromatic carbocycles. The summed E-state index contributed by atoms with van der Waals surface area (Å²) < 4.78 is 37.7. The van der Waals surface area contributed by atoms with Crippen LogP contribution in [0.15, 0.2) is 29.4 Å². The Morgan fingerprint density at radius 3 is 2.33 bits per heavy atom. The molecule has 18 heavy (non-hydrogen) atoms. The summed E-state index contributed by atoms with van der Waals surface area (Å²) in [6, 6.07) is 6.60. The number of nitrogens with zero attached hydrogens (tertiary/aromatic N) is 2. The lowest BCUT2D eigenvalue weighted by atomic mass is 10.1. The second-order valence-electron chi connectivity index (χ2n) is 4.09. The molecule has 1 aliphatic heterocycles. The largest absolute Gasteiger partial charge is 0.431 e. The van der Waals surface area contributed by atoms with Crippen molar-refractivity contribution in [1.82, 2.24) is 0 Å². The predicted octanol–water partition coefficient (Wildman–Crippen LogP) is 3.04. The molecule has 0 bridgehead atoms. The quantitative estimate of drug-likeness (QED) is 0.760. The first-order chi connectivity index (χ1) is 8.38. The summed E-state index contributed by atoms with van der Waals surface area (Å²) in [5.41, 5.74) is 0.401. The minimum atomic E-state index is -4.48. The second kappa shape index (κ2) is 4.44. The van der Waals surface area contributed by atoms with Crippen LogP contribution in [0.5, 0.6) is 0 Å². The van der Waals surface area contributed by atoms with Gasteiger partial charge in [0, 0.05) is 12.8 Å². The normalized spacial score (nSPS) is 16.8. The summed E-state index contributed by atoms with van der Waals surface area (Å²) in [6.07, 6.45) is -5.01. The standard InChI is InChI=1S/C12H11F3N2O/c1-8-2-4-9(5-3-8)17-11(18)7-6-10(16-17)12(13,14)15/h2-5H,6-7H2,1H3. The van der Waals surface area contributed by atoms with Crippen molar-refractivity contribution in [3.8, 4) is 0 Å². The van der Waals surface area contributed by atoms with Gasteiger partial charge >= 0.3 is 6.18 Å². The van der Waals surface area contributed by atoms with Crippen molar-refractivity contribution in [2.24, 2.45) is 5.10 Å². The van der Waals surface area contributed by atoms with Gasteiger partial charge in [-0.25, -0.2) is 5.01 Å². The molecule has 1 heterocycles. The van der Waals surface area contributed by atoms with E-state index in [-0.39, 0.29) is 12.8 Å². The molecular weight excluding hydrogens is 245 g/mol. The van der Waals surface area contributed by atoms with Crippen LogP contribution in [-0.4, -0.2) is 17.8 Å². The summed E-state index contributed by atoms with van der Waals surface area (Å²) in [4.78, 5) is 11.6. The molecule has 0 spiro atoms. The van der Waals surface area contributed by atoms with Crippen molar-refractivity contribution < 1.29 is 18.0 Å². The molecule has 96 valence electrons. The number of anilines is 1.